The van der Waals surface area contributed by atoms with E-state index in [9.17, 15) is 0 Å². The third kappa shape index (κ3) is 2.20. The lowest BCUT2D eigenvalue weighted by Crippen LogP contribution is -2.67. The molecule has 0 radical (unpaired) electrons. The molecular formula is C28H38N+. The van der Waals surface area contributed by atoms with Crippen LogP contribution in [0.5, 0.6) is 0 Å². The van der Waals surface area contributed by atoms with Crippen LogP contribution >= 0.6 is 0 Å². The van der Waals surface area contributed by atoms with E-state index in [0.717, 1.165) is 12.8 Å². The summed E-state index contributed by atoms with van der Waals surface area (Å²) in [7, 11) is 0. The van der Waals surface area contributed by atoms with Gasteiger partial charge in [-0.25, -0.2) is 0 Å². The van der Waals surface area contributed by atoms with Crippen LogP contribution < -0.4 is 4.57 Å². The van der Waals surface area contributed by atoms with Gasteiger partial charge in [0.15, 0.2) is 11.7 Å². The summed E-state index contributed by atoms with van der Waals surface area (Å²) >= 11 is 0. The number of allylic oxidation sites excluding steroid dienone is 2. The number of pyridine rings is 1. The van der Waals surface area contributed by atoms with Crippen LogP contribution in [0.1, 0.15) is 85.1 Å². The molecule has 1 nitrogen and oxygen atoms in total. The van der Waals surface area contributed by atoms with Gasteiger partial charge in [0.25, 0.3) is 0 Å². The number of hydrogen-bond donors (Lipinski definition) is 0. The zero-order valence-electron chi connectivity index (χ0n) is 19.6. The Morgan fingerprint density at radius 3 is 2.00 bits per heavy atom. The molecule has 1 aromatic heterocycles. The van der Waals surface area contributed by atoms with Crippen molar-refractivity contribution in [1.82, 2.24) is 0 Å². The van der Waals surface area contributed by atoms with E-state index in [0.29, 0.717) is 11.8 Å². The van der Waals surface area contributed by atoms with Crippen LogP contribution in [0.4, 0.5) is 0 Å². The van der Waals surface area contributed by atoms with Gasteiger partial charge in [-0.2, -0.15) is 4.57 Å². The van der Waals surface area contributed by atoms with Crippen molar-refractivity contribution >= 4 is 11.1 Å². The zero-order chi connectivity index (χ0) is 21.2. The monoisotopic (exact) mass is 388 g/mol. The van der Waals surface area contributed by atoms with E-state index in [1.807, 2.05) is 0 Å². The molecular weight excluding hydrogens is 350 g/mol. The number of aromatic nitrogens is 1. The molecule has 1 aliphatic carbocycles. The topological polar surface area (TPSA) is 3.88 Å². The van der Waals surface area contributed by atoms with Crippen LogP contribution in [-0.2, 0) is 11.0 Å². The largest absolute Gasteiger partial charge is 0.210 e. The van der Waals surface area contributed by atoms with Crippen molar-refractivity contribution in [2.45, 2.75) is 79.2 Å². The highest BCUT2D eigenvalue weighted by Crippen LogP contribution is 2.66. The molecule has 0 saturated carbocycles. The highest BCUT2D eigenvalue weighted by atomic mass is 15.1. The normalized spacial score (nSPS) is 27.2. The van der Waals surface area contributed by atoms with Crippen LogP contribution in [0.3, 0.4) is 0 Å². The number of fused-ring (bicyclic) bond motifs is 4. The molecule has 0 bridgehead atoms. The Kier molecular flexibility index (Phi) is 4.61. The van der Waals surface area contributed by atoms with E-state index in [1.54, 1.807) is 16.7 Å². The van der Waals surface area contributed by atoms with Crippen molar-refractivity contribution in [3.63, 3.8) is 0 Å². The molecule has 0 saturated heterocycles. The first-order chi connectivity index (χ1) is 13.7. The highest BCUT2D eigenvalue weighted by molar-refractivity contribution is 6.03. The number of hydrogen-bond acceptors (Lipinski definition) is 0. The van der Waals surface area contributed by atoms with Crippen molar-refractivity contribution in [3.8, 4) is 0 Å². The highest BCUT2D eigenvalue weighted by Gasteiger charge is 2.64. The van der Waals surface area contributed by atoms with Gasteiger partial charge in [0.05, 0.1) is 5.41 Å². The van der Waals surface area contributed by atoms with Gasteiger partial charge in [-0.1, -0.05) is 65.8 Å². The van der Waals surface area contributed by atoms with Gasteiger partial charge >= 0.3 is 0 Å². The second kappa shape index (κ2) is 6.56. The minimum atomic E-state index is 0.0422. The van der Waals surface area contributed by atoms with Gasteiger partial charge in [0.1, 0.15) is 0 Å². The number of benzene rings is 1. The van der Waals surface area contributed by atoms with Crippen LogP contribution in [0.15, 0.2) is 48.7 Å². The minimum absolute atomic E-state index is 0.0422. The fourth-order valence-corrected chi connectivity index (χ4v) is 7.05. The average molecular weight is 389 g/mol. The predicted octanol–water partition coefficient (Wildman–Crippen LogP) is 7.00. The Morgan fingerprint density at radius 1 is 0.793 bits per heavy atom. The Labute approximate surface area is 177 Å². The molecule has 154 valence electrons. The van der Waals surface area contributed by atoms with Gasteiger partial charge in [-0.15, -0.1) is 0 Å². The van der Waals surface area contributed by atoms with E-state index < -0.39 is 0 Å². The van der Waals surface area contributed by atoms with E-state index in [-0.39, 0.29) is 16.4 Å². The summed E-state index contributed by atoms with van der Waals surface area (Å²) in [6, 6.07) is 16.1. The molecule has 1 aromatic carbocycles. The Morgan fingerprint density at radius 2 is 1.41 bits per heavy atom. The quantitative estimate of drug-likeness (QED) is 0.496. The van der Waals surface area contributed by atoms with Gasteiger partial charge in [-0.05, 0) is 47.9 Å². The minimum Gasteiger partial charge on any atom is -0.193 e. The molecule has 0 fully saturated rings. The fraction of sp³-hybridized carbons (Fsp3) is 0.536. The first kappa shape index (κ1) is 20.4. The maximum Gasteiger partial charge on any atom is 0.210 e. The Bertz CT molecular complexity index is 971. The van der Waals surface area contributed by atoms with Crippen molar-refractivity contribution < 1.29 is 4.57 Å². The molecule has 2 aromatic rings. The molecule has 1 heteroatoms. The number of rotatable bonds is 4. The van der Waals surface area contributed by atoms with Crippen LogP contribution in [0, 0.1) is 17.3 Å². The lowest BCUT2D eigenvalue weighted by atomic mass is 9.56. The van der Waals surface area contributed by atoms with Crippen LogP contribution in [0.2, 0.25) is 0 Å². The molecule has 0 amide bonds. The van der Waals surface area contributed by atoms with Crippen molar-refractivity contribution in [3.05, 3.63) is 65.5 Å². The van der Waals surface area contributed by atoms with Gasteiger partial charge in [0, 0.05) is 36.5 Å². The Balaban J connectivity index is 2.25. The smallest absolute Gasteiger partial charge is 0.193 e. The Hall–Kier alpha value is -1.89. The summed E-state index contributed by atoms with van der Waals surface area (Å²) in [6.07, 6.45) is 4.59. The zero-order valence-corrected chi connectivity index (χ0v) is 19.6. The second-order valence-electron chi connectivity index (χ2n) is 10.2. The summed E-state index contributed by atoms with van der Waals surface area (Å²) < 4.78 is 2.63. The SMILES string of the molecule is CCC1(C)C2=C(c3cccc[n+]3C1(C)CC)C(C(C)C)(C(C)C)c1ccccc12. The maximum atomic E-state index is 2.63. The summed E-state index contributed by atoms with van der Waals surface area (Å²) in [6.45, 7) is 19.5. The number of nitrogens with zero attached hydrogens (tertiary/aromatic N) is 1. The summed E-state index contributed by atoms with van der Waals surface area (Å²) in [5, 5.41) is 0. The molecule has 1 aliphatic heterocycles. The average Bonchev–Trinajstić information content (AvgIpc) is 3.04. The van der Waals surface area contributed by atoms with E-state index in [2.05, 4.69) is 109 Å². The lowest BCUT2D eigenvalue weighted by molar-refractivity contribution is -0.778. The van der Waals surface area contributed by atoms with Crippen molar-refractivity contribution in [2.75, 3.05) is 0 Å². The van der Waals surface area contributed by atoms with Crippen molar-refractivity contribution in [2.24, 2.45) is 17.3 Å². The van der Waals surface area contributed by atoms with Gasteiger partial charge in [-0.3, -0.25) is 0 Å². The van der Waals surface area contributed by atoms with Crippen molar-refractivity contribution in [1.29, 1.82) is 0 Å². The maximum absolute atomic E-state index is 2.63. The summed E-state index contributed by atoms with van der Waals surface area (Å²) in [4.78, 5) is 0. The lowest BCUT2D eigenvalue weighted by Gasteiger charge is -2.49. The van der Waals surface area contributed by atoms with E-state index in [1.165, 1.54) is 11.3 Å². The van der Waals surface area contributed by atoms with E-state index >= 15 is 0 Å². The predicted molar refractivity (Wildman–Crippen MR) is 124 cm³/mol. The molecule has 0 spiro atoms. The third-order valence-corrected chi connectivity index (χ3v) is 8.91. The molecule has 2 heterocycles. The van der Waals surface area contributed by atoms with Gasteiger partial charge < -0.3 is 0 Å². The summed E-state index contributed by atoms with van der Waals surface area (Å²) in [5.41, 5.74) is 7.87. The standard InChI is InChI=1S/C28H38N/c1-9-26(7)24-21-15-11-12-16-22(21)28(19(3)4,20(5)6)25(24)23-17-13-14-18-29(23)27(26,8)10-2/h11-20H,9-10H2,1-8H3/q+1. The molecule has 29 heavy (non-hydrogen) atoms. The third-order valence-electron chi connectivity index (χ3n) is 8.91. The summed E-state index contributed by atoms with van der Waals surface area (Å²) in [5.74, 6) is 1.05. The second-order valence-corrected chi connectivity index (χ2v) is 10.2. The van der Waals surface area contributed by atoms with E-state index in [4.69, 9.17) is 0 Å². The first-order valence-electron chi connectivity index (χ1n) is 11.6. The van der Waals surface area contributed by atoms with Crippen LogP contribution in [-0.4, -0.2) is 0 Å². The molecule has 2 atom stereocenters. The van der Waals surface area contributed by atoms with Gasteiger partial charge in [0.2, 0.25) is 5.69 Å². The first-order valence-corrected chi connectivity index (χ1v) is 11.6. The molecule has 0 N–H and O–H groups in total. The molecule has 2 unspecified atom stereocenters. The fourth-order valence-electron chi connectivity index (χ4n) is 7.05. The molecule has 4 rings (SSSR count). The molecule has 2 aliphatic rings. The van der Waals surface area contributed by atoms with Crippen LogP contribution in [0.25, 0.3) is 11.1 Å².